The van der Waals surface area contributed by atoms with Crippen molar-refractivity contribution in [2.75, 3.05) is 13.1 Å². The number of amides is 1. The Kier molecular flexibility index (Phi) is 5.75. The molecule has 1 N–H and O–H groups in total. The highest BCUT2D eigenvalue weighted by Gasteiger charge is 2.36. The molecule has 1 aliphatic heterocycles. The van der Waals surface area contributed by atoms with Crippen molar-refractivity contribution in [1.82, 2.24) is 10.2 Å². The largest absolute Gasteiger partial charge is 0.335 e. The van der Waals surface area contributed by atoms with E-state index in [-0.39, 0.29) is 36.8 Å². The Morgan fingerprint density at radius 1 is 1.27 bits per heavy atom. The maximum absolute atomic E-state index is 13.8. The molecule has 0 bridgehead atoms. The number of hydrogen-bond acceptors (Lipinski definition) is 2. The zero-order chi connectivity index (χ0) is 14.8. The molecule has 1 atom stereocenters. The molecule has 1 aliphatic carbocycles. The summed E-state index contributed by atoms with van der Waals surface area (Å²) in [6, 6.07) is 3.79. The van der Waals surface area contributed by atoms with Crippen LogP contribution in [0.4, 0.5) is 8.78 Å². The van der Waals surface area contributed by atoms with Gasteiger partial charge in [0, 0.05) is 30.8 Å². The maximum Gasteiger partial charge on any atom is 0.227 e. The van der Waals surface area contributed by atoms with E-state index in [1.807, 2.05) is 0 Å². The highest BCUT2D eigenvalue weighted by Crippen LogP contribution is 2.31. The Hall–Kier alpha value is -1.20. The summed E-state index contributed by atoms with van der Waals surface area (Å²) < 4.78 is 26.8. The van der Waals surface area contributed by atoms with Crippen LogP contribution in [0.5, 0.6) is 0 Å². The number of nitrogens with zero attached hydrogens (tertiary/aromatic N) is 1. The Morgan fingerprint density at radius 2 is 2.05 bits per heavy atom. The molecular formula is C16H21ClF2N2O. The molecule has 6 heteroatoms. The molecule has 1 saturated carbocycles. The number of rotatable bonds is 4. The van der Waals surface area contributed by atoms with Crippen molar-refractivity contribution < 1.29 is 13.6 Å². The van der Waals surface area contributed by atoms with Gasteiger partial charge in [-0.15, -0.1) is 12.4 Å². The first-order chi connectivity index (χ1) is 10.1. The minimum atomic E-state index is -0.586. The van der Waals surface area contributed by atoms with E-state index in [9.17, 15) is 13.6 Å². The Bertz CT molecular complexity index is 531. The van der Waals surface area contributed by atoms with Crippen molar-refractivity contribution in [2.24, 2.45) is 5.92 Å². The first kappa shape index (κ1) is 17.2. The molecule has 2 fully saturated rings. The fourth-order valence-corrected chi connectivity index (χ4v) is 2.90. The van der Waals surface area contributed by atoms with Gasteiger partial charge >= 0.3 is 0 Å². The number of nitrogens with one attached hydrogen (secondary N) is 1. The average molecular weight is 331 g/mol. The van der Waals surface area contributed by atoms with Crippen LogP contribution in [-0.2, 0) is 11.3 Å². The number of hydrogen-bond donors (Lipinski definition) is 1. The van der Waals surface area contributed by atoms with E-state index in [2.05, 4.69) is 5.32 Å². The fraction of sp³-hybridized carbons (Fsp3) is 0.562. The van der Waals surface area contributed by atoms with E-state index in [1.165, 1.54) is 12.1 Å². The molecule has 0 unspecified atom stereocenters. The molecule has 22 heavy (non-hydrogen) atoms. The molecular weight excluding hydrogens is 310 g/mol. The Labute approximate surface area is 135 Å². The van der Waals surface area contributed by atoms with Gasteiger partial charge in [0.15, 0.2) is 0 Å². The van der Waals surface area contributed by atoms with E-state index in [0.717, 1.165) is 38.3 Å². The average Bonchev–Trinajstić information content (AvgIpc) is 3.31. The van der Waals surface area contributed by atoms with Crippen LogP contribution in [0.15, 0.2) is 18.2 Å². The standard InChI is InChI=1S/C16H20F2N2O.ClH/c17-13-4-3-12(15(18)8-13)10-20(14-5-6-14)16(21)11-2-1-7-19-9-11;/h3-4,8,11,14,19H,1-2,5-7,9-10H2;1H/t11-;/m1./s1. The summed E-state index contributed by atoms with van der Waals surface area (Å²) in [6.07, 6.45) is 3.85. The first-order valence-corrected chi connectivity index (χ1v) is 7.60. The predicted octanol–water partition coefficient (Wildman–Crippen LogP) is 2.88. The quantitative estimate of drug-likeness (QED) is 0.920. The summed E-state index contributed by atoms with van der Waals surface area (Å²) in [5.41, 5.74) is 0.389. The fourth-order valence-electron chi connectivity index (χ4n) is 2.90. The third kappa shape index (κ3) is 3.96. The summed E-state index contributed by atoms with van der Waals surface area (Å²) in [5, 5.41) is 3.24. The molecule has 1 aromatic rings. The van der Waals surface area contributed by atoms with E-state index >= 15 is 0 Å². The molecule has 2 aliphatic rings. The summed E-state index contributed by atoms with van der Waals surface area (Å²) in [6.45, 7) is 1.90. The molecule has 122 valence electrons. The van der Waals surface area contributed by atoms with E-state index in [0.29, 0.717) is 12.1 Å². The van der Waals surface area contributed by atoms with Gasteiger partial charge in [0.1, 0.15) is 11.6 Å². The molecule has 1 aromatic carbocycles. The van der Waals surface area contributed by atoms with Gasteiger partial charge in [0.05, 0.1) is 5.92 Å². The Morgan fingerprint density at radius 3 is 2.64 bits per heavy atom. The van der Waals surface area contributed by atoms with Gasteiger partial charge in [-0.25, -0.2) is 8.78 Å². The monoisotopic (exact) mass is 330 g/mol. The van der Waals surface area contributed by atoms with E-state index in [1.54, 1.807) is 4.90 Å². The van der Waals surface area contributed by atoms with Crippen molar-refractivity contribution in [3.8, 4) is 0 Å². The molecule has 3 rings (SSSR count). The van der Waals surface area contributed by atoms with Crippen LogP contribution < -0.4 is 5.32 Å². The number of carbonyl (C=O) groups is 1. The molecule has 0 spiro atoms. The minimum Gasteiger partial charge on any atom is -0.335 e. The number of carbonyl (C=O) groups excluding carboxylic acids is 1. The van der Waals surface area contributed by atoms with Gasteiger partial charge in [0.25, 0.3) is 0 Å². The normalized spacial score (nSPS) is 21.1. The summed E-state index contributed by atoms with van der Waals surface area (Å²) in [5.74, 6) is -1.07. The van der Waals surface area contributed by atoms with Crippen molar-refractivity contribution >= 4 is 18.3 Å². The van der Waals surface area contributed by atoms with Crippen molar-refractivity contribution in [3.63, 3.8) is 0 Å². The van der Waals surface area contributed by atoms with Gasteiger partial charge in [-0.2, -0.15) is 0 Å². The lowest BCUT2D eigenvalue weighted by molar-refractivity contribution is -0.137. The summed E-state index contributed by atoms with van der Waals surface area (Å²) in [4.78, 5) is 14.4. The second kappa shape index (κ2) is 7.38. The van der Waals surface area contributed by atoms with E-state index in [4.69, 9.17) is 0 Å². The maximum atomic E-state index is 13.8. The first-order valence-electron chi connectivity index (χ1n) is 7.60. The highest BCUT2D eigenvalue weighted by molar-refractivity contribution is 5.85. The van der Waals surface area contributed by atoms with Crippen LogP contribution in [0, 0.1) is 17.6 Å². The molecule has 1 amide bonds. The molecule has 1 saturated heterocycles. The number of piperidine rings is 1. The SMILES string of the molecule is Cl.O=C([C@@H]1CCCNC1)N(Cc1ccc(F)cc1F)C1CC1. The second-order valence-electron chi connectivity index (χ2n) is 5.98. The Balaban J connectivity index is 0.00000176. The minimum absolute atomic E-state index is 0. The van der Waals surface area contributed by atoms with Crippen LogP contribution in [0.3, 0.4) is 0 Å². The van der Waals surface area contributed by atoms with Crippen LogP contribution in [0.2, 0.25) is 0 Å². The summed E-state index contributed by atoms with van der Waals surface area (Å²) >= 11 is 0. The zero-order valence-electron chi connectivity index (χ0n) is 12.4. The highest BCUT2D eigenvalue weighted by atomic mass is 35.5. The van der Waals surface area contributed by atoms with Crippen molar-refractivity contribution in [2.45, 2.75) is 38.3 Å². The number of halogens is 3. The molecule has 1 heterocycles. The van der Waals surface area contributed by atoms with Gasteiger partial charge in [0.2, 0.25) is 5.91 Å². The van der Waals surface area contributed by atoms with Gasteiger partial charge in [-0.1, -0.05) is 6.07 Å². The topological polar surface area (TPSA) is 32.3 Å². The number of benzene rings is 1. The summed E-state index contributed by atoms with van der Waals surface area (Å²) in [7, 11) is 0. The van der Waals surface area contributed by atoms with Crippen LogP contribution in [0.25, 0.3) is 0 Å². The zero-order valence-corrected chi connectivity index (χ0v) is 13.2. The predicted molar refractivity (Wildman–Crippen MR) is 82.8 cm³/mol. The lowest BCUT2D eigenvalue weighted by Crippen LogP contribution is -2.43. The van der Waals surface area contributed by atoms with Crippen molar-refractivity contribution in [1.29, 1.82) is 0 Å². The lowest BCUT2D eigenvalue weighted by atomic mass is 9.97. The van der Waals surface area contributed by atoms with Gasteiger partial charge < -0.3 is 10.2 Å². The van der Waals surface area contributed by atoms with Crippen LogP contribution in [-0.4, -0.2) is 29.9 Å². The lowest BCUT2D eigenvalue weighted by Gasteiger charge is -2.30. The molecule has 3 nitrogen and oxygen atoms in total. The van der Waals surface area contributed by atoms with E-state index < -0.39 is 11.6 Å². The van der Waals surface area contributed by atoms with Crippen LogP contribution >= 0.6 is 12.4 Å². The second-order valence-corrected chi connectivity index (χ2v) is 5.98. The smallest absolute Gasteiger partial charge is 0.227 e. The third-order valence-corrected chi connectivity index (χ3v) is 4.27. The van der Waals surface area contributed by atoms with Crippen LogP contribution in [0.1, 0.15) is 31.2 Å². The molecule has 0 aromatic heterocycles. The van der Waals surface area contributed by atoms with Gasteiger partial charge in [-0.3, -0.25) is 4.79 Å². The third-order valence-electron chi connectivity index (χ3n) is 4.27. The van der Waals surface area contributed by atoms with Crippen molar-refractivity contribution in [3.05, 3.63) is 35.4 Å². The van der Waals surface area contributed by atoms with Gasteiger partial charge in [-0.05, 0) is 38.3 Å². The molecule has 0 radical (unpaired) electrons.